The molecule has 0 amide bonds. The number of anilines is 6. The molecule has 1 N–H and O–H groups in total. The summed E-state index contributed by atoms with van der Waals surface area (Å²) in [5.74, 6) is 0.0445. The van der Waals surface area contributed by atoms with E-state index >= 15 is 0 Å². The van der Waals surface area contributed by atoms with Gasteiger partial charge in [0.1, 0.15) is 0 Å². The summed E-state index contributed by atoms with van der Waals surface area (Å²) in [5, 5.41) is 30.3. The largest absolute Gasteiger partial charge is 1.00 e. The smallest absolute Gasteiger partial charge is 0.868 e. The van der Waals surface area contributed by atoms with Gasteiger partial charge in [-0.15, -0.1) is 0 Å². The molecule has 0 unspecified atom stereocenters. The molecule has 696 valence electrons. The van der Waals surface area contributed by atoms with Gasteiger partial charge >= 0.3 is 18.9 Å². The number of pyridine rings is 3. The zero-order chi connectivity index (χ0) is 100.0. The third kappa shape index (κ3) is 19.1. The van der Waals surface area contributed by atoms with Crippen LogP contribution in [0.4, 0.5) is 34.1 Å². The number of nitrogens with zero attached hydrogens (tertiary/aromatic N) is 4. The van der Waals surface area contributed by atoms with E-state index in [0.29, 0.717) is 5.52 Å². The van der Waals surface area contributed by atoms with Crippen LogP contribution >= 0.6 is 0 Å². The van der Waals surface area contributed by atoms with Crippen LogP contribution in [0.3, 0.4) is 0 Å². The van der Waals surface area contributed by atoms with Crippen LogP contribution in [0.25, 0.3) is 176 Å². The molecule has 3 heterocycles. The van der Waals surface area contributed by atoms with Gasteiger partial charge in [-0.05, 0) is 287 Å². The fourth-order valence-corrected chi connectivity index (χ4v) is 23.7. The molecule has 25 rings (SSSR count). The number of fused-ring (bicyclic) bond motifs is 11. The molecule has 1 aliphatic carbocycles. The van der Waals surface area contributed by atoms with Crippen LogP contribution in [0.2, 0.25) is 39.3 Å². The number of hydrogen-bond acceptors (Lipinski definition) is 5. The van der Waals surface area contributed by atoms with Gasteiger partial charge in [0.15, 0.2) is 6.20 Å². The zero-order valence-corrected chi connectivity index (χ0v) is 85.8. The standard InChI is InChI=1S/C49H50N2Si2.C42H28N2.C36H24.C9H7NO.BH.Li/c1-49(2)45-33-39(50(35-17-11-9-12-18-35)37-23-28-40(29-24-37)52(3,4)5)27-32-44(45)48-43-22-16-15-21-42(43)47(34-46(48)49)51(36-19-13-10-14-20-36)38-25-30-41(31-26-38)53(6,7)8;1-2-6-29(7-3-1)36-18-19-39-40(28-36)42(35-16-12-31(13-17-35)33-22-26-44-27-23-33)38-9-5-4-8-37(38)41(39)34-14-10-30(11-15-34)32-20-24-43-25-21-32;1-3-13-25(14-4-1)27-23-24-34(29-18-8-7-17-28(27)29)36-32-21-11-9-19-30(32)35(26-15-5-2-6-16-26)31-20-10-12-22-33(31)36;11-8-5-1-3-7-4-2-6-10-9(7)8;;/h9-34H,1-8H3;1-28H;1-24H;1-6,11H;1H;/q;;;;;+1/i;;;;1D;. The monoisotopic (exact) mass is 1900 g/mol. The van der Waals surface area contributed by atoms with Crippen molar-refractivity contribution < 1.29 is 29.0 Å². The Morgan fingerprint density at radius 3 is 1.07 bits per heavy atom. The van der Waals surface area contributed by atoms with Crippen LogP contribution in [0.15, 0.2) is 510 Å². The van der Waals surface area contributed by atoms with Crippen molar-refractivity contribution in [1.82, 2.24) is 9.97 Å². The Hall–Kier alpha value is -16.6. The first-order chi connectivity index (χ1) is 71.4. The van der Waals surface area contributed by atoms with Crippen molar-refractivity contribution in [3.8, 4) is 106 Å². The molecule has 0 aliphatic heterocycles. The summed E-state index contributed by atoms with van der Waals surface area (Å²) in [5.41, 5.74) is 32.6. The molecule has 146 heavy (non-hydrogen) atoms. The number of rotatable bonds is 16. The van der Waals surface area contributed by atoms with Gasteiger partial charge in [-0.2, -0.15) is 0 Å². The summed E-state index contributed by atoms with van der Waals surface area (Å²) < 4.78 is 5.25. The molecule has 10 heteroatoms. The molecule has 0 saturated heterocycles. The summed E-state index contributed by atoms with van der Waals surface area (Å²) >= 11 is 0. The van der Waals surface area contributed by atoms with E-state index in [2.05, 4.69) is 535 Å². The first kappa shape index (κ1) is 95.6. The third-order valence-corrected chi connectivity index (χ3v) is 32.7. The Kier molecular flexibility index (Phi) is 27.3. The third-order valence-electron chi connectivity index (χ3n) is 28.6. The molecule has 0 spiro atoms. The zero-order valence-electron chi connectivity index (χ0n) is 84.8. The van der Waals surface area contributed by atoms with Gasteiger partial charge in [-0.1, -0.05) is 427 Å². The van der Waals surface area contributed by atoms with Crippen molar-refractivity contribution in [2.24, 2.45) is 0 Å². The Bertz CT molecular complexity index is 8770. The number of nitrogens with one attached hydrogen (secondary N) is 1. The molecular weight excluding hydrogens is 1790 g/mol. The van der Waals surface area contributed by atoms with Crippen molar-refractivity contribution in [1.29, 1.82) is 1.34 Å². The normalized spacial score (nSPS) is 11.8. The molecule has 0 atom stereocenters. The van der Waals surface area contributed by atoms with E-state index in [-0.39, 0.29) is 30.0 Å². The summed E-state index contributed by atoms with van der Waals surface area (Å²) in [4.78, 5) is 16.2. The fraction of sp³-hybridized carbons (Fsp3) is 0.0662. The predicted molar refractivity (Wildman–Crippen MR) is 623 cm³/mol. The maximum absolute atomic E-state index is 11.1. The Balaban J connectivity index is 0.000000127. The van der Waals surface area contributed by atoms with E-state index in [4.69, 9.17) is 1.34 Å². The van der Waals surface area contributed by atoms with Crippen LogP contribution in [-0.2, 0) is 5.41 Å². The summed E-state index contributed by atoms with van der Waals surface area (Å²) in [6.07, 6.45) is 9.13. The second-order valence-corrected chi connectivity index (χ2v) is 50.0. The van der Waals surface area contributed by atoms with E-state index < -0.39 is 16.1 Å². The number of hydrogen-bond donors (Lipinski definition) is 0. The SMILES string of the molecule is CC1(C)c2cc(N(c3ccccc3)c3ccc([Si](C)(C)C)cc3)ccc2-c2c1cc(N(c1ccccc1)c1ccc([Si](C)(C)C)cc1)c1ccccc21.[2H][B].[Li+].[O-]c1cccc2ccc[nH+]c12.c1ccc(-c2ccc(-c3c4ccccc4c(-c4ccccc4)c4ccccc34)c3ccccc23)cc1.c1ccc(-c2ccc3c(-c4ccc(-c5ccncc5)cc4)c4ccccc4c(-c4ccc(-c5ccncc5)cc4)c3c2)cc1. The van der Waals surface area contributed by atoms with Gasteiger partial charge in [0.05, 0.1) is 21.8 Å². The van der Waals surface area contributed by atoms with E-state index in [1.807, 2.05) is 43.0 Å². The van der Waals surface area contributed by atoms with E-state index in [0.717, 1.165) is 22.3 Å². The van der Waals surface area contributed by atoms with Gasteiger partial charge in [0, 0.05) is 83.9 Å². The van der Waals surface area contributed by atoms with Crippen molar-refractivity contribution in [3.05, 3.63) is 521 Å². The van der Waals surface area contributed by atoms with Crippen LogP contribution in [0.1, 0.15) is 25.0 Å². The topological polar surface area (TPSA) is 69.5 Å². The van der Waals surface area contributed by atoms with Crippen LogP contribution < -0.4 is 49.1 Å². The summed E-state index contributed by atoms with van der Waals surface area (Å²) in [6.45, 7) is 19.3. The Morgan fingerprint density at radius 1 is 0.253 bits per heavy atom. The van der Waals surface area contributed by atoms with E-state index in [9.17, 15) is 5.11 Å². The average molecular weight is 1910 g/mol. The summed E-state index contributed by atoms with van der Waals surface area (Å²) in [6, 6.07) is 173. The number of benzene rings is 21. The van der Waals surface area contributed by atoms with Gasteiger partial charge in [-0.25, -0.2) is 4.98 Å². The average Bonchev–Trinajstić information content (AvgIpc) is 1.56. The molecule has 0 bridgehead atoms. The van der Waals surface area contributed by atoms with Gasteiger partial charge in [0.25, 0.3) is 0 Å². The molecule has 1 aliphatic rings. The maximum atomic E-state index is 11.1. The second-order valence-electron chi connectivity index (χ2n) is 39.9. The molecule has 21 aromatic carbocycles. The molecule has 0 fully saturated rings. The quantitative estimate of drug-likeness (QED) is 0.0712. The minimum atomic E-state index is -1.45. The first-order valence-electron chi connectivity index (χ1n) is 50.3. The van der Waals surface area contributed by atoms with Crippen LogP contribution in [-0.4, -0.2) is 35.8 Å². The summed E-state index contributed by atoms with van der Waals surface area (Å²) in [7, 11) is 0.872. The number of aromatic amines is 1. The van der Waals surface area contributed by atoms with Crippen LogP contribution in [0.5, 0.6) is 5.75 Å². The van der Waals surface area contributed by atoms with Gasteiger partial charge < -0.3 is 14.9 Å². The van der Waals surface area contributed by atoms with Gasteiger partial charge in [0.2, 0.25) is 5.52 Å². The molecule has 24 aromatic rings. The van der Waals surface area contributed by atoms with E-state index in [1.165, 1.54) is 203 Å². The first-order valence-corrected chi connectivity index (χ1v) is 56.7. The Morgan fingerprint density at radius 2 is 0.589 bits per heavy atom. The van der Waals surface area contributed by atoms with E-state index in [1.54, 1.807) is 18.3 Å². The predicted octanol–water partition coefficient (Wildman–Crippen LogP) is 31.5. The Labute approximate surface area is 873 Å². The minimum absolute atomic E-state index is 0. The second kappa shape index (κ2) is 41.7. The molecule has 0 saturated carbocycles. The molecule has 2 radical (unpaired) electrons. The van der Waals surface area contributed by atoms with Crippen molar-refractivity contribution in [2.45, 2.75) is 58.5 Å². The van der Waals surface area contributed by atoms with Crippen molar-refractivity contribution in [3.63, 3.8) is 0 Å². The number of H-pyrrole nitrogens is 1. The van der Waals surface area contributed by atoms with Crippen molar-refractivity contribution in [2.75, 3.05) is 9.80 Å². The molecule has 6 nitrogen and oxygen atoms in total. The number of aromatic nitrogens is 3. The van der Waals surface area contributed by atoms with Crippen molar-refractivity contribution >= 4 is 145 Å². The number of para-hydroxylation sites is 3. The minimum Gasteiger partial charge on any atom is -0.868 e. The van der Waals surface area contributed by atoms with Gasteiger partial charge in [-0.3, -0.25) is 9.97 Å². The van der Waals surface area contributed by atoms with Crippen LogP contribution in [0, 0.1) is 0 Å². The maximum Gasteiger partial charge on any atom is 1.00 e. The molecular formula is C136H110BLiN5OSi2+. The fourth-order valence-electron chi connectivity index (χ4n) is 21.3. The molecule has 3 aromatic heterocycles.